The van der Waals surface area contributed by atoms with Gasteiger partial charge in [0.15, 0.2) is 0 Å². The largest absolute Gasteiger partial charge is 0.496 e. The molecular weight excluding hydrogens is 288 g/mol. The summed E-state index contributed by atoms with van der Waals surface area (Å²) >= 11 is 0. The SMILES string of the molecule is COc1ccccc1CNc1cc(C)nc(N2CCCCC2)n1. The number of ether oxygens (including phenoxy) is 1. The second-order valence-electron chi connectivity index (χ2n) is 5.91. The lowest BCUT2D eigenvalue weighted by Crippen LogP contribution is -2.31. The van der Waals surface area contributed by atoms with Crippen LogP contribution in [0.4, 0.5) is 11.8 Å². The smallest absolute Gasteiger partial charge is 0.227 e. The van der Waals surface area contributed by atoms with Gasteiger partial charge in [-0.1, -0.05) is 18.2 Å². The molecule has 1 aliphatic heterocycles. The van der Waals surface area contributed by atoms with Gasteiger partial charge >= 0.3 is 0 Å². The van der Waals surface area contributed by atoms with Crippen LogP contribution < -0.4 is 15.0 Å². The Morgan fingerprint density at radius 3 is 2.70 bits per heavy atom. The fourth-order valence-corrected chi connectivity index (χ4v) is 2.91. The quantitative estimate of drug-likeness (QED) is 0.917. The molecule has 0 aliphatic carbocycles. The third-order valence-corrected chi connectivity index (χ3v) is 4.13. The molecule has 2 aromatic rings. The van der Waals surface area contributed by atoms with Gasteiger partial charge in [-0.2, -0.15) is 4.98 Å². The van der Waals surface area contributed by atoms with Crippen LogP contribution in [0.1, 0.15) is 30.5 Å². The second-order valence-corrected chi connectivity index (χ2v) is 5.91. The summed E-state index contributed by atoms with van der Waals surface area (Å²) < 4.78 is 5.40. The van der Waals surface area contributed by atoms with Gasteiger partial charge in [0.2, 0.25) is 5.95 Å². The third-order valence-electron chi connectivity index (χ3n) is 4.13. The number of nitrogens with one attached hydrogen (secondary N) is 1. The van der Waals surface area contributed by atoms with Crippen LogP contribution in [0.5, 0.6) is 5.75 Å². The van der Waals surface area contributed by atoms with E-state index in [1.807, 2.05) is 31.2 Å². The number of anilines is 2. The van der Waals surface area contributed by atoms with E-state index < -0.39 is 0 Å². The van der Waals surface area contributed by atoms with Crippen LogP contribution in [-0.2, 0) is 6.54 Å². The molecule has 3 rings (SSSR count). The first-order valence-electron chi connectivity index (χ1n) is 8.22. The zero-order valence-corrected chi connectivity index (χ0v) is 13.9. The van der Waals surface area contributed by atoms with Gasteiger partial charge in [0, 0.05) is 37.0 Å². The Morgan fingerprint density at radius 1 is 1.13 bits per heavy atom. The maximum atomic E-state index is 5.40. The molecule has 5 heteroatoms. The zero-order chi connectivity index (χ0) is 16.1. The van der Waals surface area contributed by atoms with Crippen LogP contribution in [0.3, 0.4) is 0 Å². The number of aromatic nitrogens is 2. The minimum Gasteiger partial charge on any atom is -0.496 e. The van der Waals surface area contributed by atoms with Gasteiger partial charge in [-0.25, -0.2) is 4.98 Å². The summed E-state index contributed by atoms with van der Waals surface area (Å²) in [4.78, 5) is 11.6. The standard InChI is InChI=1S/C18H24N4O/c1-14-12-17(19-13-15-8-4-5-9-16(15)23-2)21-18(20-14)22-10-6-3-7-11-22/h4-5,8-9,12H,3,6-7,10-11,13H2,1-2H3,(H,19,20,21). The highest BCUT2D eigenvalue weighted by Gasteiger charge is 2.14. The topological polar surface area (TPSA) is 50.3 Å². The zero-order valence-electron chi connectivity index (χ0n) is 13.9. The van der Waals surface area contributed by atoms with E-state index in [9.17, 15) is 0 Å². The van der Waals surface area contributed by atoms with Crippen LogP contribution in [0.2, 0.25) is 0 Å². The maximum absolute atomic E-state index is 5.40. The lowest BCUT2D eigenvalue weighted by molar-refractivity contribution is 0.410. The number of hydrogen-bond donors (Lipinski definition) is 1. The Balaban J connectivity index is 1.73. The first-order valence-corrected chi connectivity index (χ1v) is 8.22. The number of rotatable bonds is 5. The van der Waals surface area contributed by atoms with Crippen LogP contribution in [0.25, 0.3) is 0 Å². The fraction of sp³-hybridized carbons (Fsp3) is 0.444. The van der Waals surface area contributed by atoms with E-state index in [-0.39, 0.29) is 0 Å². The molecule has 1 saturated heterocycles. The van der Waals surface area contributed by atoms with Crippen molar-refractivity contribution in [2.45, 2.75) is 32.7 Å². The van der Waals surface area contributed by atoms with Crippen molar-refractivity contribution in [3.63, 3.8) is 0 Å². The summed E-state index contributed by atoms with van der Waals surface area (Å²) in [5.74, 6) is 2.60. The first kappa shape index (κ1) is 15.6. The van der Waals surface area contributed by atoms with E-state index in [1.54, 1.807) is 7.11 Å². The molecule has 2 heterocycles. The molecule has 0 bridgehead atoms. The van der Waals surface area contributed by atoms with Crippen molar-refractivity contribution in [1.82, 2.24) is 9.97 Å². The second kappa shape index (κ2) is 7.31. The Hall–Kier alpha value is -2.30. The van der Waals surface area contributed by atoms with Gasteiger partial charge in [-0.15, -0.1) is 0 Å². The number of aryl methyl sites for hydroxylation is 1. The summed E-state index contributed by atoms with van der Waals surface area (Å²) in [6.07, 6.45) is 3.75. The lowest BCUT2D eigenvalue weighted by Gasteiger charge is -2.27. The van der Waals surface area contributed by atoms with Gasteiger partial charge in [0.25, 0.3) is 0 Å². The normalized spacial score (nSPS) is 14.6. The molecule has 0 unspecified atom stereocenters. The molecule has 122 valence electrons. The van der Waals surface area contributed by atoms with Crippen LogP contribution in [0.15, 0.2) is 30.3 Å². The predicted molar refractivity (Wildman–Crippen MR) is 93.2 cm³/mol. The molecule has 1 aromatic heterocycles. The van der Waals surface area contributed by atoms with E-state index in [0.29, 0.717) is 6.54 Å². The van der Waals surface area contributed by atoms with Crippen molar-refractivity contribution in [2.75, 3.05) is 30.4 Å². The highest BCUT2D eigenvalue weighted by atomic mass is 16.5. The van der Waals surface area contributed by atoms with E-state index in [1.165, 1.54) is 19.3 Å². The maximum Gasteiger partial charge on any atom is 0.227 e. The van der Waals surface area contributed by atoms with Gasteiger partial charge in [-0.3, -0.25) is 0 Å². The minimum atomic E-state index is 0.680. The monoisotopic (exact) mass is 312 g/mol. The fourth-order valence-electron chi connectivity index (χ4n) is 2.91. The average molecular weight is 312 g/mol. The van der Waals surface area contributed by atoms with E-state index >= 15 is 0 Å². The Bertz CT molecular complexity index is 653. The molecule has 0 radical (unpaired) electrons. The first-order chi connectivity index (χ1) is 11.3. The number of methoxy groups -OCH3 is 1. The number of benzene rings is 1. The van der Waals surface area contributed by atoms with Crippen molar-refractivity contribution in [1.29, 1.82) is 0 Å². The van der Waals surface area contributed by atoms with Crippen LogP contribution >= 0.6 is 0 Å². The predicted octanol–water partition coefficient (Wildman–Crippen LogP) is 3.40. The van der Waals surface area contributed by atoms with Crippen molar-refractivity contribution in [3.05, 3.63) is 41.6 Å². The molecule has 5 nitrogen and oxygen atoms in total. The molecule has 1 fully saturated rings. The van der Waals surface area contributed by atoms with Gasteiger partial charge < -0.3 is 15.0 Å². The molecule has 1 aromatic carbocycles. The Morgan fingerprint density at radius 2 is 1.91 bits per heavy atom. The lowest BCUT2D eigenvalue weighted by atomic mass is 10.1. The molecule has 0 atom stereocenters. The van der Waals surface area contributed by atoms with Gasteiger partial charge in [0.1, 0.15) is 11.6 Å². The van der Waals surface area contributed by atoms with Crippen molar-refractivity contribution < 1.29 is 4.74 Å². The summed E-state index contributed by atoms with van der Waals surface area (Å²) in [5.41, 5.74) is 2.11. The summed E-state index contributed by atoms with van der Waals surface area (Å²) in [6, 6.07) is 10.0. The van der Waals surface area contributed by atoms with Crippen LogP contribution in [0, 0.1) is 6.92 Å². The van der Waals surface area contributed by atoms with E-state index in [0.717, 1.165) is 41.9 Å². The molecule has 0 saturated carbocycles. The molecule has 0 spiro atoms. The van der Waals surface area contributed by atoms with Crippen molar-refractivity contribution >= 4 is 11.8 Å². The summed E-state index contributed by atoms with van der Waals surface area (Å²) in [6.45, 7) is 4.80. The van der Waals surface area contributed by atoms with Crippen molar-refractivity contribution in [3.8, 4) is 5.75 Å². The Labute approximate surface area is 137 Å². The highest BCUT2D eigenvalue weighted by molar-refractivity contribution is 5.45. The van der Waals surface area contributed by atoms with Gasteiger partial charge in [-0.05, 0) is 32.3 Å². The average Bonchev–Trinajstić information content (AvgIpc) is 2.60. The van der Waals surface area contributed by atoms with E-state index in [4.69, 9.17) is 9.72 Å². The Kier molecular flexibility index (Phi) is 4.95. The summed E-state index contributed by atoms with van der Waals surface area (Å²) in [5, 5.41) is 3.40. The highest BCUT2D eigenvalue weighted by Crippen LogP contribution is 2.21. The molecule has 1 aliphatic rings. The molecule has 0 amide bonds. The van der Waals surface area contributed by atoms with Crippen LogP contribution in [-0.4, -0.2) is 30.2 Å². The number of piperidine rings is 1. The third kappa shape index (κ3) is 3.92. The molecule has 23 heavy (non-hydrogen) atoms. The number of para-hydroxylation sites is 1. The number of hydrogen-bond acceptors (Lipinski definition) is 5. The number of nitrogens with zero attached hydrogens (tertiary/aromatic N) is 3. The molecular formula is C18H24N4O. The minimum absolute atomic E-state index is 0.680. The van der Waals surface area contributed by atoms with E-state index in [2.05, 4.69) is 21.3 Å². The summed E-state index contributed by atoms with van der Waals surface area (Å²) in [7, 11) is 1.70. The van der Waals surface area contributed by atoms with Crippen molar-refractivity contribution in [2.24, 2.45) is 0 Å². The molecule has 1 N–H and O–H groups in total. The van der Waals surface area contributed by atoms with Gasteiger partial charge in [0.05, 0.1) is 7.11 Å².